The standard InChI is InChI=1S/C12H9N3S3/c1-16-12-15-14-11(18-12)9-7-17-10(13-9)8-5-3-2-4-6-8/h2-7H,1H3. The maximum absolute atomic E-state index is 4.62. The van der Waals surface area contributed by atoms with E-state index in [9.17, 15) is 0 Å². The van der Waals surface area contributed by atoms with Crippen LogP contribution >= 0.6 is 34.4 Å². The van der Waals surface area contributed by atoms with Crippen molar-refractivity contribution >= 4 is 34.4 Å². The zero-order valence-electron chi connectivity index (χ0n) is 9.53. The molecular formula is C12H9N3S3. The average Bonchev–Trinajstić information content (AvgIpc) is 3.08. The molecular weight excluding hydrogens is 282 g/mol. The van der Waals surface area contributed by atoms with Gasteiger partial charge in [-0.15, -0.1) is 21.5 Å². The highest BCUT2D eigenvalue weighted by atomic mass is 32.2. The summed E-state index contributed by atoms with van der Waals surface area (Å²) in [5.74, 6) is 0. The fourth-order valence-corrected chi connectivity index (χ4v) is 3.60. The number of hydrogen-bond acceptors (Lipinski definition) is 6. The van der Waals surface area contributed by atoms with Crippen LogP contribution in [0.3, 0.4) is 0 Å². The SMILES string of the molecule is CSc1nnc(-c2csc(-c3ccccc3)n2)s1. The molecule has 0 fully saturated rings. The van der Waals surface area contributed by atoms with Crippen molar-refractivity contribution in [3.05, 3.63) is 35.7 Å². The van der Waals surface area contributed by atoms with E-state index in [-0.39, 0.29) is 0 Å². The van der Waals surface area contributed by atoms with Gasteiger partial charge in [0.2, 0.25) is 0 Å². The largest absolute Gasteiger partial charge is 0.233 e. The summed E-state index contributed by atoms with van der Waals surface area (Å²) >= 11 is 4.82. The number of thiazole rings is 1. The van der Waals surface area contributed by atoms with Crippen LogP contribution in [0.4, 0.5) is 0 Å². The number of rotatable bonds is 3. The first-order valence-electron chi connectivity index (χ1n) is 5.25. The number of benzene rings is 1. The first-order valence-corrected chi connectivity index (χ1v) is 8.18. The predicted octanol–water partition coefficient (Wildman–Crippen LogP) is 4.05. The van der Waals surface area contributed by atoms with Crippen LogP contribution in [0.5, 0.6) is 0 Å². The third-order valence-corrected chi connectivity index (χ3v) is 5.14. The van der Waals surface area contributed by atoms with Gasteiger partial charge >= 0.3 is 0 Å². The van der Waals surface area contributed by atoms with Gasteiger partial charge in [-0.25, -0.2) is 4.98 Å². The Morgan fingerprint density at radius 3 is 2.61 bits per heavy atom. The Morgan fingerprint density at radius 1 is 1.06 bits per heavy atom. The average molecular weight is 291 g/mol. The normalized spacial score (nSPS) is 10.7. The monoisotopic (exact) mass is 291 g/mol. The van der Waals surface area contributed by atoms with E-state index in [0.717, 1.165) is 25.6 Å². The Kier molecular flexibility index (Phi) is 3.40. The number of hydrogen-bond donors (Lipinski definition) is 0. The summed E-state index contributed by atoms with van der Waals surface area (Å²) in [7, 11) is 0. The summed E-state index contributed by atoms with van der Waals surface area (Å²) in [5.41, 5.74) is 2.06. The van der Waals surface area contributed by atoms with Gasteiger partial charge in [-0.2, -0.15) is 0 Å². The summed E-state index contributed by atoms with van der Waals surface area (Å²) in [4.78, 5) is 4.62. The smallest absolute Gasteiger partial charge is 0.174 e. The molecule has 2 aromatic heterocycles. The van der Waals surface area contributed by atoms with Crippen molar-refractivity contribution < 1.29 is 0 Å². The number of thioether (sulfide) groups is 1. The van der Waals surface area contributed by atoms with Crippen LogP contribution in [0.25, 0.3) is 21.3 Å². The number of nitrogens with zero attached hydrogens (tertiary/aromatic N) is 3. The highest BCUT2D eigenvalue weighted by Gasteiger charge is 2.10. The van der Waals surface area contributed by atoms with Gasteiger partial charge in [-0.3, -0.25) is 0 Å². The highest BCUT2D eigenvalue weighted by Crippen LogP contribution is 2.32. The molecule has 0 atom stereocenters. The minimum Gasteiger partial charge on any atom is -0.233 e. The quantitative estimate of drug-likeness (QED) is 0.682. The van der Waals surface area contributed by atoms with E-state index in [4.69, 9.17) is 0 Å². The molecule has 6 heteroatoms. The zero-order valence-corrected chi connectivity index (χ0v) is 12.0. The Bertz CT molecular complexity index is 645. The van der Waals surface area contributed by atoms with Crippen LogP contribution < -0.4 is 0 Å². The Morgan fingerprint density at radius 2 is 1.89 bits per heavy atom. The summed E-state index contributed by atoms with van der Waals surface area (Å²) in [6.45, 7) is 0. The van der Waals surface area contributed by atoms with Crippen molar-refractivity contribution in [2.75, 3.05) is 6.26 Å². The summed E-state index contributed by atoms with van der Waals surface area (Å²) in [5, 5.41) is 12.2. The Hall–Kier alpha value is -1.24. The second-order valence-electron chi connectivity index (χ2n) is 3.48. The van der Waals surface area contributed by atoms with Gasteiger partial charge in [0.05, 0.1) is 0 Å². The summed E-state index contributed by atoms with van der Waals surface area (Å²) in [6.07, 6.45) is 2.00. The van der Waals surface area contributed by atoms with E-state index in [1.807, 2.05) is 29.8 Å². The molecule has 1 aromatic carbocycles. The van der Waals surface area contributed by atoms with Crippen LogP contribution in [0, 0.1) is 0 Å². The van der Waals surface area contributed by atoms with Crippen LogP contribution in [-0.2, 0) is 0 Å². The maximum Gasteiger partial charge on any atom is 0.174 e. The second-order valence-corrected chi connectivity index (χ2v) is 6.37. The van der Waals surface area contributed by atoms with Gasteiger partial charge < -0.3 is 0 Å². The molecule has 18 heavy (non-hydrogen) atoms. The van der Waals surface area contributed by atoms with Crippen LogP contribution in [0.2, 0.25) is 0 Å². The van der Waals surface area contributed by atoms with Crippen molar-refractivity contribution in [2.45, 2.75) is 4.34 Å². The topological polar surface area (TPSA) is 38.7 Å². The Labute approximate surface area is 117 Å². The van der Waals surface area contributed by atoms with Crippen LogP contribution in [0.1, 0.15) is 0 Å². The molecule has 2 heterocycles. The van der Waals surface area contributed by atoms with Gasteiger partial charge in [-0.05, 0) is 6.26 Å². The fourth-order valence-electron chi connectivity index (χ4n) is 1.48. The Balaban J connectivity index is 1.94. The van der Waals surface area contributed by atoms with Crippen molar-refractivity contribution in [1.29, 1.82) is 0 Å². The van der Waals surface area contributed by atoms with Gasteiger partial charge in [-0.1, -0.05) is 53.4 Å². The number of aromatic nitrogens is 3. The lowest BCUT2D eigenvalue weighted by Gasteiger charge is -1.93. The van der Waals surface area contributed by atoms with Gasteiger partial charge in [0.25, 0.3) is 0 Å². The fraction of sp³-hybridized carbons (Fsp3) is 0.0833. The van der Waals surface area contributed by atoms with E-state index >= 15 is 0 Å². The lowest BCUT2D eigenvalue weighted by atomic mass is 10.2. The molecule has 0 aliphatic carbocycles. The van der Waals surface area contributed by atoms with E-state index in [2.05, 4.69) is 27.3 Å². The van der Waals surface area contributed by atoms with Crippen molar-refractivity contribution in [2.24, 2.45) is 0 Å². The molecule has 3 aromatic rings. The molecule has 0 radical (unpaired) electrons. The minimum absolute atomic E-state index is 0.887. The van der Waals surface area contributed by atoms with Crippen LogP contribution in [0.15, 0.2) is 40.1 Å². The van der Waals surface area contributed by atoms with Crippen molar-refractivity contribution in [3.63, 3.8) is 0 Å². The molecule has 0 aliphatic heterocycles. The lowest BCUT2D eigenvalue weighted by Crippen LogP contribution is -1.78. The molecule has 0 bridgehead atoms. The second kappa shape index (κ2) is 5.17. The molecule has 0 saturated carbocycles. The van der Waals surface area contributed by atoms with E-state index in [1.165, 1.54) is 0 Å². The summed E-state index contributed by atoms with van der Waals surface area (Å²) in [6, 6.07) is 10.2. The molecule has 90 valence electrons. The van der Waals surface area contributed by atoms with Gasteiger partial charge in [0.1, 0.15) is 10.7 Å². The van der Waals surface area contributed by atoms with Crippen LogP contribution in [-0.4, -0.2) is 21.4 Å². The third kappa shape index (κ3) is 2.31. The van der Waals surface area contributed by atoms with Crippen molar-refractivity contribution in [1.82, 2.24) is 15.2 Å². The van der Waals surface area contributed by atoms with E-state index in [0.29, 0.717) is 0 Å². The van der Waals surface area contributed by atoms with E-state index in [1.54, 1.807) is 34.4 Å². The summed E-state index contributed by atoms with van der Waals surface area (Å²) < 4.78 is 0.972. The molecule has 0 spiro atoms. The van der Waals surface area contributed by atoms with Gasteiger partial charge in [0.15, 0.2) is 9.35 Å². The van der Waals surface area contributed by atoms with Crippen molar-refractivity contribution in [3.8, 4) is 21.3 Å². The molecule has 3 nitrogen and oxygen atoms in total. The third-order valence-electron chi connectivity index (χ3n) is 2.33. The molecule has 0 saturated heterocycles. The maximum atomic E-state index is 4.62. The first kappa shape index (κ1) is 11.8. The lowest BCUT2D eigenvalue weighted by molar-refractivity contribution is 1.01. The molecule has 0 N–H and O–H groups in total. The van der Waals surface area contributed by atoms with Gasteiger partial charge in [0, 0.05) is 10.9 Å². The first-order chi connectivity index (χ1) is 8.86. The predicted molar refractivity (Wildman–Crippen MR) is 78.2 cm³/mol. The molecule has 0 unspecified atom stereocenters. The molecule has 0 amide bonds. The molecule has 0 aliphatic rings. The zero-order chi connectivity index (χ0) is 12.4. The highest BCUT2D eigenvalue weighted by molar-refractivity contribution is 8.00. The van der Waals surface area contributed by atoms with E-state index < -0.39 is 0 Å². The molecule has 3 rings (SSSR count). The minimum atomic E-state index is 0.887.